The molecule has 3 rings (SSSR count). The van der Waals surface area contributed by atoms with Gasteiger partial charge in [0, 0.05) is 33.2 Å². The van der Waals surface area contributed by atoms with Crippen molar-refractivity contribution >= 4 is 29.9 Å². The SMILES string of the molecule is CCNC(=NCc1ncnn1C)NCC1CCN(CCc2ccccc2)C1.I. The van der Waals surface area contributed by atoms with Crippen molar-refractivity contribution in [2.24, 2.45) is 18.0 Å². The molecule has 0 spiro atoms. The van der Waals surface area contributed by atoms with Gasteiger partial charge < -0.3 is 15.5 Å². The number of benzene rings is 1. The van der Waals surface area contributed by atoms with Gasteiger partial charge in [0.15, 0.2) is 5.96 Å². The lowest BCUT2D eigenvalue weighted by Gasteiger charge is -2.17. The van der Waals surface area contributed by atoms with Crippen LogP contribution < -0.4 is 10.6 Å². The second-order valence-corrected chi connectivity index (χ2v) is 7.07. The van der Waals surface area contributed by atoms with Crippen LogP contribution in [0.3, 0.4) is 0 Å². The first-order valence-corrected chi connectivity index (χ1v) is 9.86. The highest BCUT2D eigenvalue weighted by Gasteiger charge is 2.22. The Hall–Kier alpha value is -1.68. The molecule has 1 aromatic heterocycles. The predicted octanol–water partition coefficient (Wildman–Crippen LogP) is 2.05. The van der Waals surface area contributed by atoms with Crippen LogP contribution >= 0.6 is 24.0 Å². The third-order valence-electron chi connectivity index (χ3n) is 5.02. The van der Waals surface area contributed by atoms with Gasteiger partial charge in [0.05, 0.1) is 0 Å². The summed E-state index contributed by atoms with van der Waals surface area (Å²) in [6.45, 7) is 7.89. The van der Waals surface area contributed by atoms with E-state index in [0.29, 0.717) is 12.5 Å². The summed E-state index contributed by atoms with van der Waals surface area (Å²) in [7, 11) is 1.89. The number of halogens is 1. The predicted molar refractivity (Wildman–Crippen MR) is 124 cm³/mol. The number of hydrogen-bond acceptors (Lipinski definition) is 4. The third kappa shape index (κ3) is 7.05. The number of aryl methyl sites for hydroxylation is 1. The molecule has 8 heteroatoms. The molecule has 0 bridgehead atoms. The second-order valence-electron chi connectivity index (χ2n) is 7.07. The van der Waals surface area contributed by atoms with Crippen LogP contribution in [-0.4, -0.2) is 58.3 Å². The zero-order valence-electron chi connectivity index (χ0n) is 16.8. The Labute approximate surface area is 185 Å². The Morgan fingerprint density at radius 1 is 1.25 bits per heavy atom. The highest BCUT2D eigenvalue weighted by Crippen LogP contribution is 2.16. The summed E-state index contributed by atoms with van der Waals surface area (Å²) in [4.78, 5) is 11.4. The van der Waals surface area contributed by atoms with E-state index >= 15 is 0 Å². The van der Waals surface area contributed by atoms with E-state index in [9.17, 15) is 0 Å². The number of nitrogens with one attached hydrogen (secondary N) is 2. The standard InChI is InChI=1S/C20H31N7.HI/c1-3-21-20(23-14-19-24-16-25-26(19)2)22-13-18-10-12-27(15-18)11-9-17-7-5-4-6-8-17;/h4-8,16,18H,3,9-15H2,1-2H3,(H2,21,22,23);1H. The molecule has 1 unspecified atom stereocenters. The van der Waals surface area contributed by atoms with Crippen LogP contribution in [0.25, 0.3) is 0 Å². The molecule has 1 fully saturated rings. The lowest BCUT2D eigenvalue weighted by Crippen LogP contribution is -2.40. The number of guanidine groups is 1. The molecule has 28 heavy (non-hydrogen) atoms. The third-order valence-corrected chi connectivity index (χ3v) is 5.02. The Balaban J connectivity index is 0.00000280. The van der Waals surface area contributed by atoms with Crippen molar-refractivity contribution in [3.8, 4) is 0 Å². The normalized spacial score (nSPS) is 17.4. The van der Waals surface area contributed by atoms with Crippen molar-refractivity contribution in [2.45, 2.75) is 26.3 Å². The first kappa shape index (κ1) is 22.6. The fourth-order valence-electron chi connectivity index (χ4n) is 3.41. The molecule has 0 aliphatic carbocycles. The Bertz CT molecular complexity index is 716. The zero-order valence-corrected chi connectivity index (χ0v) is 19.2. The molecule has 0 amide bonds. The molecule has 0 radical (unpaired) electrons. The minimum atomic E-state index is 0. The number of aliphatic imine (C=N–C) groups is 1. The zero-order chi connectivity index (χ0) is 18.9. The van der Waals surface area contributed by atoms with Crippen LogP contribution in [0.1, 0.15) is 24.7 Å². The molecule has 1 aromatic carbocycles. The maximum absolute atomic E-state index is 4.63. The smallest absolute Gasteiger partial charge is 0.191 e. The number of aromatic nitrogens is 3. The van der Waals surface area contributed by atoms with Gasteiger partial charge in [0.2, 0.25) is 0 Å². The molecule has 1 aliphatic rings. The first-order valence-electron chi connectivity index (χ1n) is 9.86. The van der Waals surface area contributed by atoms with Crippen molar-refractivity contribution in [2.75, 3.05) is 32.7 Å². The van der Waals surface area contributed by atoms with E-state index in [-0.39, 0.29) is 24.0 Å². The molecule has 154 valence electrons. The van der Waals surface area contributed by atoms with Gasteiger partial charge in [-0.25, -0.2) is 9.98 Å². The van der Waals surface area contributed by atoms with Gasteiger partial charge in [-0.3, -0.25) is 4.68 Å². The summed E-state index contributed by atoms with van der Waals surface area (Å²) >= 11 is 0. The highest BCUT2D eigenvalue weighted by atomic mass is 127. The van der Waals surface area contributed by atoms with Crippen LogP contribution in [0.5, 0.6) is 0 Å². The van der Waals surface area contributed by atoms with Crippen molar-refractivity contribution < 1.29 is 0 Å². The minimum Gasteiger partial charge on any atom is -0.357 e. The van der Waals surface area contributed by atoms with Crippen LogP contribution in [0.2, 0.25) is 0 Å². The van der Waals surface area contributed by atoms with Gasteiger partial charge in [0.25, 0.3) is 0 Å². The van der Waals surface area contributed by atoms with Crippen molar-refractivity contribution in [1.29, 1.82) is 0 Å². The first-order chi connectivity index (χ1) is 13.2. The van der Waals surface area contributed by atoms with Gasteiger partial charge in [-0.05, 0) is 37.8 Å². The monoisotopic (exact) mass is 497 g/mol. The maximum Gasteiger partial charge on any atom is 0.191 e. The number of nitrogens with zero attached hydrogens (tertiary/aromatic N) is 5. The molecular formula is C20H32IN7. The van der Waals surface area contributed by atoms with Crippen LogP contribution in [0, 0.1) is 5.92 Å². The fourth-order valence-corrected chi connectivity index (χ4v) is 3.41. The number of hydrogen-bond donors (Lipinski definition) is 2. The van der Waals surface area contributed by atoms with E-state index < -0.39 is 0 Å². The number of likely N-dealkylation sites (tertiary alicyclic amines) is 1. The lowest BCUT2D eigenvalue weighted by atomic mass is 10.1. The fraction of sp³-hybridized carbons (Fsp3) is 0.550. The highest BCUT2D eigenvalue weighted by molar-refractivity contribution is 14.0. The van der Waals surface area contributed by atoms with Crippen molar-refractivity contribution in [3.05, 3.63) is 48.0 Å². The largest absolute Gasteiger partial charge is 0.357 e. The summed E-state index contributed by atoms with van der Waals surface area (Å²) in [5, 5.41) is 10.9. The molecule has 7 nitrogen and oxygen atoms in total. The van der Waals surface area contributed by atoms with E-state index in [4.69, 9.17) is 0 Å². The van der Waals surface area contributed by atoms with E-state index in [1.807, 2.05) is 7.05 Å². The quantitative estimate of drug-likeness (QED) is 0.332. The topological polar surface area (TPSA) is 70.4 Å². The van der Waals surface area contributed by atoms with Crippen LogP contribution in [-0.2, 0) is 20.0 Å². The van der Waals surface area contributed by atoms with Gasteiger partial charge >= 0.3 is 0 Å². The lowest BCUT2D eigenvalue weighted by molar-refractivity contribution is 0.328. The van der Waals surface area contributed by atoms with Crippen molar-refractivity contribution in [1.82, 2.24) is 30.3 Å². The van der Waals surface area contributed by atoms with Gasteiger partial charge in [-0.15, -0.1) is 24.0 Å². The van der Waals surface area contributed by atoms with Crippen LogP contribution in [0.4, 0.5) is 0 Å². The van der Waals surface area contributed by atoms with Gasteiger partial charge in [-0.2, -0.15) is 5.10 Å². The Kier molecular flexibility index (Phi) is 9.69. The molecule has 2 heterocycles. The van der Waals surface area contributed by atoms with Crippen LogP contribution in [0.15, 0.2) is 41.7 Å². The van der Waals surface area contributed by atoms with Gasteiger partial charge in [0.1, 0.15) is 18.7 Å². The van der Waals surface area contributed by atoms with E-state index in [0.717, 1.165) is 44.4 Å². The summed E-state index contributed by atoms with van der Waals surface area (Å²) in [6.07, 6.45) is 3.93. The molecule has 1 aliphatic heterocycles. The van der Waals surface area contributed by atoms with Gasteiger partial charge in [-0.1, -0.05) is 30.3 Å². The maximum atomic E-state index is 4.63. The molecule has 2 N–H and O–H groups in total. The summed E-state index contributed by atoms with van der Waals surface area (Å²) in [5.74, 6) is 2.38. The minimum absolute atomic E-state index is 0. The van der Waals surface area contributed by atoms with E-state index in [1.165, 1.54) is 18.5 Å². The molecular weight excluding hydrogens is 465 g/mol. The molecule has 1 saturated heterocycles. The summed E-state index contributed by atoms with van der Waals surface area (Å²) in [5.41, 5.74) is 1.42. The average molecular weight is 497 g/mol. The number of rotatable bonds is 8. The Morgan fingerprint density at radius 3 is 2.79 bits per heavy atom. The average Bonchev–Trinajstić information content (AvgIpc) is 3.32. The molecule has 0 saturated carbocycles. The molecule has 1 atom stereocenters. The Morgan fingerprint density at radius 2 is 2.07 bits per heavy atom. The van der Waals surface area contributed by atoms with E-state index in [1.54, 1.807) is 11.0 Å². The summed E-state index contributed by atoms with van der Waals surface area (Å²) in [6, 6.07) is 10.7. The second kappa shape index (κ2) is 12.0. The van der Waals surface area contributed by atoms with E-state index in [2.05, 4.69) is 67.9 Å². The molecule has 2 aromatic rings. The summed E-state index contributed by atoms with van der Waals surface area (Å²) < 4.78 is 1.76. The van der Waals surface area contributed by atoms with Crippen molar-refractivity contribution in [3.63, 3.8) is 0 Å².